The van der Waals surface area contributed by atoms with Crippen molar-refractivity contribution in [3.63, 3.8) is 0 Å². The summed E-state index contributed by atoms with van der Waals surface area (Å²) < 4.78 is 27.5. The maximum atomic E-state index is 14.2. The van der Waals surface area contributed by atoms with Gasteiger partial charge < -0.3 is 5.32 Å². The third kappa shape index (κ3) is 5.68. The number of nitrogens with one attached hydrogen (secondary N) is 1. The van der Waals surface area contributed by atoms with Crippen molar-refractivity contribution >= 4 is 17.7 Å². The van der Waals surface area contributed by atoms with E-state index in [0.717, 1.165) is 10.5 Å². The van der Waals surface area contributed by atoms with E-state index >= 15 is 0 Å². The van der Waals surface area contributed by atoms with Gasteiger partial charge in [-0.2, -0.15) is 0 Å². The quantitative estimate of drug-likeness (QED) is 0.592. The lowest BCUT2D eigenvalue weighted by molar-refractivity contribution is -0.125. The van der Waals surface area contributed by atoms with Crippen LogP contribution in [0.25, 0.3) is 0 Å². The van der Waals surface area contributed by atoms with Gasteiger partial charge in [-0.05, 0) is 48.4 Å². The van der Waals surface area contributed by atoms with Gasteiger partial charge in [0.15, 0.2) is 0 Å². The number of aromatic nitrogens is 1. The second-order valence-corrected chi connectivity index (χ2v) is 8.92. The standard InChI is InChI=1S/C24H23F2N3OS/c25-19-7-9-20(10-8-19)31-21-12-23(24(30)28-14-17-4-3-11-27-13-17)29(16-21)15-18-5-1-2-6-22(18)26/h1-11,13,21,23H,12,14-16H2,(H,28,30)/t21-,23+/m1/s1. The highest BCUT2D eigenvalue weighted by molar-refractivity contribution is 8.00. The SMILES string of the molecule is O=C(NCc1cccnc1)[C@@H]1C[C@@H](Sc2ccc(F)cc2)CN1Cc1ccccc1F. The molecule has 31 heavy (non-hydrogen) atoms. The van der Waals surface area contributed by atoms with Gasteiger partial charge in [-0.3, -0.25) is 14.7 Å². The van der Waals surface area contributed by atoms with E-state index in [9.17, 15) is 13.6 Å². The van der Waals surface area contributed by atoms with Crippen molar-refractivity contribution in [3.8, 4) is 0 Å². The van der Waals surface area contributed by atoms with Crippen LogP contribution in [-0.4, -0.2) is 33.6 Å². The molecule has 2 heterocycles. The summed E-state index contributed by atoms with van der Waals surface area (Å²) in [6.45, 7) is 1.39. The van der Waals surface area contributed by atoms with Gasteiger partial charge in [-0.1, -0.05) is 24.3 Å². The molecule has 1 aliphatic heterocycles. The Morgan fingerprint density at radius 1 is 1.10 bits per heavy atom. The average molecular weight is 440 g/mol. The molecule has 4 nitrogen and oxygen atoms in total. The Balaban J connectivity index is 1.47. The fourth-order valence-corrected chi connectivity index (χ4v) is 4.98. The molecule has 160 valence electrons. The van der Waals surface area contributed by atoms with Crippen LogP contribution in [0.15, 0.2) is 78.0 Å². The Kier molecular flexibility index (Phi) is 6.94. The van der Waals surface area contributed by atoms with E-state index < -0.39 is 0 Å². The average Bonchev–Trinajstić information content (AvgIpc) is 3.18. The van der Waals surface area contributed by atoms with Crippen molar-refractivity contribution in [2.45, 2.75) is 35.7 Å². The van der Waals surface area contributed by atoms with Crippen molar-refractivity contribution < 1.29 is 13.6 Å². The molecule has 1 saturated heterocycles. The zero-order chi connectivity index (χ0) is 21.6. The normalized spacial score (nSPS) is 18.8. The van der Waals surface area contributed by atoms with Crippen LogP contribution in [-0.2, 0) is 17.9 Å². The fourth-order valence-electron chi connectivity index (χ4n) is 3.76. The number of pyridine rings is 1. The Morgan fingerprint density at radius 2 is 1.90 bits per heavy atom. The summed E-state index contributed by atoms with van der Waals surface area (Å²) in [6, 6.07) is 16.4. The van der Waals surface area contributed by atoms with Crippen molar-refractivity contribution in [3.05, 3.63) is 95.8 Å². The molecule has 0 radical (unpaired) electrons. The summed E-state index contributed by atoms with van der Waals surface area (Å²) in [5, 5.41) is 3.13. The second kappa shape index (κ2) is 10.0. The lowest BCUT2D eigenvalue weighted by atomic mass is 10.1. The predicted octanol–water partition coefficient (Wildman–Crippen LogP) is 4.41. The Hall–Kier alpha value is -2.77. The highest BCUT2D eigenvalue weighted by atomic mass is 32.2. The smallest absolute Gasteiger partial charge is 0.237 e. The minimum absolute atomic E-state index is 0.0811. The monoisotopic (exact) mass is 439 g/mol. The van der Waals surface area contributed by atoms with Crippen molar-refractivity contribution in [2.75, 3.05) is 6.54 Å². The van der Waals surface area contributed by atoms with Crippen LogP contribution in [0.5, 0.6) is 0 Å². The van der Waals surface area contributed by atoms with Gasteiger partial charge in [0.25, 0.3) is 0 Å². The summed E-state index contributed by atoms with van der Waals surface area (Å²) in [7, 11) is 0. The first-order chi connectivity index (χ1) is 15.1. The molecule has 1 aliphatic rings. The highest BCUT2D eigenvalue weighted by Crippen LogP contribution is 2.34. The number of nitrogens with zero attached hydrogens (tertiary/aromatic N) is 2. The molecule has 7 heteroatoms. The van der Waals surface area contributed by atoms with Gasteiger partial charge in [-0.15, -0.1) is 11.8 Å². The molecule has 2 atom stereocenters. The molecule has 1 amide bonds. The van der Waals surface area contributed by atoms with Gasteiger partial charge in [0.2, 0.25) is 5.91 Å². The van der Waals surface area contributed by atoms with Crippen molar-refractivity contribution in [2.24, 2.45) is 0 Å². The Morgan fingerprint density at radius 3 is 2.65 bits per heavy atom. The molecule has 1 N–H and O–H groups in total. The molecule has 0 saturated carbocycles. The van der Waals surface area contributed by atoms with E-state index in [4.69, 9.17) is 0 Å². The maximum Gasteiger partial charge on any atom is 0.237 e. The number of benzene rings is 2. The molecule has 0 unspecified atom stereocenters. The third-order valence-corrected chi connectivity index (χ3v) is 6.52. The number of thioether (sulfide) groups is 1. The molecular weight excluding hydrogens is 416 g/mol. The zero-order valence-corrected chi connectivity index (χ0v) is 17.7. The first kappa shape index (κ1) is 21.5. The molecule has 1 fully saturated rings. The molecule has 4 rings (SSSR count). The molecule has 0 aliphatic carbocycles. The van der Waals surface area contributed by atoms with Crippen LogP contribution >= 0.6 is 11.8 Å². The van der Waals surface area contributed by atoms with Crippen LogP contribution in [0.3, 0.4) is 0 Å². The van der Waals surface area contributed by atoms with Crippen molar-refractivity contribution in [1.29, 1.82) is 0 Å². The molecule has 0 bridgehead atoms. The topological polar surface area (TPSA) is 45.2 Å². The van der Waals surface area contributed by atoms with E-state index in [2.05, 4.69) is 10.3 Å². The second-order valence-electron chi connectivity index (χ2n) is 7.55. The largest absolute Gasteiger partial charge is 0.351 e. The number of rotatable bonds is 7. The van der Waals surface area contributed by atoms with Crippen LogP contribution in [0, 0.1) is 11.6 Å². The molecule has 2 aromatic carbocycles. The lowest BCUT2D eigenvalue weighted by Crippen LogP contribution is -2.42. The van der Waals surface area contributed by atoms with Crippen LogP contribution in [0.2, 0.25) is 0 Å². The van der Waals surface area contributed by atoms with Crippen molar-refractivity contribution in [1.82, 2.24) is 15.2 Å². The van der Waals surface area contributed by atoms with Crippen LogP contribution in [0.4, 0.5) is 8.78 Å². The minimum atomic E-state index is -0.366. The molecule has 0 spiro atoms. The summed E-state index contributed by atoms with van der Waals surface area (Å²) in [5.41, 5.74) is 1.49. The first-order valence-corrected chi connectivity index (χ1v) is 11.0. The number of likely N-dealkylation sites (tertiary alicyclic amines) is 1. The van der Waals surface area contributed by atoms with E-state index in [0.29, 0.717) is 31.6 Å². The minimum Gasteiger partial charge on any atom is -0.351 e. The number of amides is 1. The van der Waals surface area contributed by atoms with Gasteiger partial charge >= 0.3 is 0 Å². The van der Waals surface area contributed by atoms with E-state index in [1.165, 1.54) is 18.2 Å². The van der Waals surface area contributed by atoms with E-state index in [1.54, 1.807) is 54.5 Å². The number of hydrogen-bond donors (Lipinski definition) is 1. The number of hydrogen-bond acceptors (Lipinski definition) is 4. The summed E-state index contributed by atoms with van der Waals surface area (Å²) in [6.07, 6.45) is 4.05. The molecule has 1 aromatic heterocycles. The summed E-state index contributed by atoms with van der Waals surface area (Å²) in [5.74, 6) is -0.626. The van der Waals surface area contributed by atoms with E-state index in [1.807, 2.05) is 17.0 Å². The van der Waals surface area contributed by atoms with Crippen LogP contribution in [0.1, 0.15) is 17.5 Å². The molecule has 3 aromatic rings. The first-order valence-electron chi connectivity index (χ1n) is 10.1. The van der Waals surface area contributed by atoms with Gasteiger partial charge in [-0.25, -0.2) is 8.78 Å². The number of halogens is 2. The highest BCUT2D eigenvalue weighted by Gasteiger charge is 2.37. The Labute approximate surface area is 184 Å². The lowest BCUT2D eigenvalue weighted by Gasteiger charge is -2.23. The Bertz CT molecular complexity index is 1020. The van der Waals surface area contributed by atoms with Gasteiger partial charge in [0.05, 0.1) is 6.04 Å². The maximum absolute atomic E-state index is 14.2. The van der Waals surface area contributed by atoms with Crippen LogP contribution < -0.4 is 5.32 Å². The number of carbonyl (C=O) groups excluding carboxylic acids is 1. The number of carbonyl (C=O) groups is 1. The summed E-state index contributed by atoms with van der Waals surface area (Å²) in [4.78, 5) is 20.1. The summed E-state index contributed by atoms with van der Waals surface area (Å²) >= 11 is 1.62. The third-order valence-electron chi connectivity index (χ3n) is 5.30. The van der Waals surface area contributed by atoms with Gasteiger partial charge in [0.1, 0.15) is 11.6 Å². The van der Waals surface area contributed by atoms with E-state index in [-0.39, 0.29) is 28.8 Å². The molecular formula is C24H23F2N3OS. The zero-order valence-electron chi connectivity index (χ0n) is 16.9. The van der Waals surface area contributed by atoms with Gasteiger partial charge in [0, 0.05) is 47.7 Å². The fraction of sp³-hybridized carbons (Fsp3) is 0.250. The predicted molar refractivity (Wildman–Crippen MR) is 117 cm³/mol.